The standard InChI is InChI=1S/C39H43ClN4O2/c1-4-44(5-2)24-12-13-29(3)41-39-34-21-20-33(40)26-35(34)42-38(43-39)23-19-30-18-22-36(45-27-31-14-8-6-9-15-31)37(25-30)46-28-32-16-10-7-11-17-32/h6-11,14-23,25-26,29H,4-5,12-13,24,27-28H2,1-3H3,(H,41,42,43)/b23-19+. The molecule has 1 aromatic heterocycles. The molecule has 0 saturated heterocycles. The van der Waals surface area contributed by atoms with Crippen LogP contribution in [0.25, 0.3) is 23.1 Å². The van der Waals surface area contributed by atoms with Crippen LogP contribution in [0.3, 0.4) is 0 Å². The Morgan fingerprint density at radius 2 is 1.46 bits per heavy atom. The van der Waals surface area contributed by atoms with Gasteiger partial charge in [0.15, 0.2) is 17.3 Å². The molecule has 0 saturated carbocycles. The predicted molar refractivity (Wildman–Crippen MR) is 192 cm³/mol. The highest BCUT2D eigenvalue weighted by Gasteiger charge is 2.12. The van der Waals surface area contributed by atoms with E-state index in [-0.39, 0.29) is 6.04 Å². The fourth-order valence-corrected chi connectivity index (χ4v) is 5.44. The highest BCUT2D eigenvalue weighted by atomic mass is 35.5. The van der Waals surface area contributed by atoms with E-state index in [1.165, 1.54) is 0 Å². The summed E-state index contributed by atoms with van der Waals surface area (Å²) in [6.07, 6.45) is 6.10. The number of anilines is 1. The Hall–Kier alpha value is -4.39. The molecule has 5 rings (SSSR count). The second kappa shape index (κ2) is 16.8. The average Bonchev–Trinajstić information content (AvgIpc) is 3.08. The molecule has 238 valence electrons. The summed E-state index contributed by atoms with van der Waals surface area (Å²) in [5.74, 6) is 2.78. The van der Waals surface area contributed by atoms with Gasteiger partial charge in [0.1, 0.15) is 19.0 Å². The van der Waals surface area contributed by atoms with Crippen LogP contribution in [0.1, 0.15) is 56.1 Å². The summed E-state index contributed by atoms with van der Waals surface area (Å²) in [5.41, 5.74) is 3.93. The molecule has 0 aliphatic heterocycles. The van der Waals surface area contributed by atoms with E-state index in [4.69, 9.17) is 31.0 Å². The Morgan fingerprint density at radius 1 is 0.783 bits per heavy atom. The first-order chi connectivity index (χ1) is 22.5. The zero-order valence-corrected chi connectivity index (χ0v) is 27.7. The lowest BCUT2D eigenvalue weighted by molar-refractivity contribution is 0.256. The lowest BCUT2D eigenvalue weighted by Crippen LogP contribution is -2.25. The number of hydrogen-bond donors (Lipinski definition) is 1. The SMILES string of the molecule is CCN(CC)CCCC(C)Nc1nc(/C=C/c2ccc(OCc3ccccc3)c(OCc3ccccc3)c2)nc2cc(Cl)ccc12. The van der Waals surface area contributed by atoms with Gasteiger partial charge < -0.3 is 19.7 Å². The Kier molecular flexibility index (Phi) is 12.0. The zero-order chi connectivity index (χ0) is 32.1. The number of aromatic nitrogens is 2. The molecule has 1 unspecified atom stereocenters. The average molecular weight is 635 g/mol. The maximum atomic E-state index is 6.37. The van der Waals surface area contributed by atoms with Crippen LogP contribution in [0.4, 0.5) is 5.82 Å². The molecule has 4 aromatic carbocycles. The number of ether oxygens (including phenoxy) is 2. The van der Waals surface area contributed by atoms with Crippen molar-refractivity contribution in [2.75, 3.05) is 25.0 Å². The minimum atomic E-state index is 0.258. The molecule has 1 atom stereocenters. The van der Waals surface area contributed by atoms with Gasteiger partial charge in [-0.3, -0.25) is 0 Å². The molecular formula is C39H43ClN4O2. The fourth-order valence-electron chi connectivity index (χ4n) is 5.27. The van der Waals surface area contributed by atoms with Gasteiger partial charge in [-0.15, -0.1) is 0 Å². The number of rotatable bonds is 16. The van der Waals surface area contributed by atoms with Crippen molar-refractivity contribution in [3.05, 3.63) is 125 Å². The van der Waals surface area contributed by atoms with Crippen LogP contribution in [0.2, 0.25) is 5.02 Å². The van der Waals surface area contributed by atoms with Crippen LogP contribution >= 0.6 is 11.6 Å². The molecule has 0 radical (unpaired) electrons. The van der Waals surface area contributed by atoms with Gasteiger partial charge in [-0.25, -0.2) is 9.97 Å². The quantitative estimate of drug-likeness (QED) is 0.117. The molecule has 0 fully saturated rings. The van der Waals surface area contributed by atoms with Gasteiger partial charge in [-0.2, -0.15) is 0 Å². The van der Waals surface area contributed by atoms with Crippen molar-refractivity contribution in [1.82, 2.24) is 14.9 Å². The van der Waals surface area contributed by atoms with E-state index >= 15 is 0 Å². The minimum Gasteiger partial charge on any atom is -0.485 e. The van der Waals surface area contributed by atoms with Crippen molar-refractivity contribution in [3.8, 4) is 11.5 Å². The molecule has 0 amide bonds. The van der Waals surface area contributed by atoms with Gasteiger partial charge in [0.05, 0.1) is 5.52 Å². The second-order valence-corrected chi connectivity index (χ2v) is 11.8. The van der Waals surface area contributed by atoms with Crippen LogP contribution in [0, 0.1) is 0 Å². The Balaban J connectivity index is 1.36. The molecule has 0 bridgehead atoms. The molecule has 1 heterocycles. The number of hydrogen-bond acceptors (Lipinski definition) is 6. The van der Waals surface area contributed by atoms with E-state index in [1.807, 2.05) is 84.9 Å². The van der Waals surface area contributed by atoms with Crippen LogP contribution in [0.15, 0.2) is 97.1 Å². The largest absolute Gasteiger partial charge is 0.485 e. The molecular weight excluding hydrogens is 592 g/mol. The maximum Gasteiger partial charge on any atom is 0.162 e. The third-order valence-corrected chi connectivity index (χ3v) is 8.17. The molecule has 46 heavy (non-hydrogen) atoms. The second-order valence-electron chi connectivity index (χ2n) is 11.4. The van der Waals surface area contributed by atoms with Gasteiger partial charge in [0, 0.05) is 16.5 Å². The van der Waals surface area contributed by atoms with Crippen molar-refractivity contribution in [2.24, 2.45) is 0 Å². The Labute approximate surface area is 278 Å². The highest BCUT2D eigenvalue weighted by Crippen LogP contribution is 2.31. The number of fused-ring (bicyclic) bond motifs is 1. The maximum absolute atomic E-state index is 6.37. The van der Waals surface area contributed by atoms with Gasteiger partial charge in [-0.05, 0) is 92.5 Å². The summed E-state index contributed by atoms with van der Waals surface area (Å²) in [4.78, 5) is 12.2. The number of halogens is 1. The summed E-state index contributed by atoms with van der Waals surface area (Å²) in [7, 11) is 0. The number of benzene rings is 4. The van der Waals surface area contributed by atoms with Gasteiger partial charge in [-0.1, -0.05) is 98.3 Å². The van der Waals surface area contributed by atoms with Crippen molar-refractivity contribution in [1.29, 1.82) is 0 Å². The van der Waals surface area contributed by atoms with Crippen LogP contribution < -0.4 is 14.8 Å². The summed E-state index contributed by atoms with van der Waals surface area (Å²) in [5, 5.41) is 5.24. The summed E-state index contributed by atoms with van der Waals surface area (Å²) in [6.45, 7) is 10.8. The van der Waals surface area contributed by atoms with Gasteiger partial charge in [0.2, 0.25) is 0 Å². The Morgan fingerprint density at radius 3 is 2.13 bits per heavy atom. The summed E-state index contributed by atoms with van der Waals surface area (Å²) < 4.78 is 12.5. The summed E-state index contributed by atoms with van der Waals surface area (Å²) in [6, 6.07) is 32.2. The first kappa shape index (κ1) is 33.0. The van der Waals surface area contributed by atoms with Gasteiger partial charge in [0.25, 0.3) is 0 Å². The zero-order valence-electron chi connectivity index (χ0n) is 27.0. The molecule has 0 spiro atoms. The van der Waals surface area contributed by atoms with E-state index in [2.05, 4.69) is 55.3 Å². The molecule has 5 aromatic rings. The van der Waals surface area contributed by atoms with E-state index in [0.717, 1.165) is 65.9 Å². The van der Waals surface area contributed by atoms with Crippen LogP contribution in [-0.4, -0.2) is 40.5 Å². The molecule has 7 heteroatoms. The van der Waals surface area contributed by atoms with Crippen molar-refractivity contribution >= 4 is 40.5 Å². The molecule has 0 aliphatic rings. The summed E-state index contributed by atoms with van der Waals surface area (Å²) >= 11 is 6.37. The number of nitrogens with one attached hydrogen (secondary N) is 1. The van der Waals surface area contributed by atoms with E-state index in [1.54, 1.807) is 0 Å². The minimum absolute atomic E-state index is 0.258. The normalized spacial score (nSPS) is 12.1. The van der Waals surface area contributed by atoms with Gasteiger partial charge >= 0.3 is 0 Å². The lowest BCUT2D eigenvalue weighted by atomic mass is 10.1. The van der Waals surface area contributed by atoms with Crippen molar-refractivity contribution < 1.29 is 9.47 Å². The third-order valence-electron chi connectivity index (χ3n) is 7.93. The van der Waals surface area contributed by atoms with Crippen LogP contribution in [-0.2, 0) is 13.2 Å². The van der Waals surface area contributed by atoms with Crippen molar-refractivity contribution in [2.45, 2.75) is 52.9 Å². The van der Waals surface area contributed by atoms with E-state index < -0.39 is 0 Å². The highest BCUT2D eigenvalue weighted by molar-refractivity contribution is 6.31. The van der Waals surface area contributed by atoms with Crippen molar-refractivity contribution in [3.63, 3.8) is 0 Å². The fraction of sp³-hybridized carbons (Fsp3) is 0.282. The first-order valence-electron chi connectivity index (χ1n) is 16.1. The molecule has 1 N–H and O–H groups in total. The first-order valence-corrected chi connectivity index (χ1v) is 16.5. The molecule has 0 aliphatic carbocycles. The van der Waals surface area contributed by atoms with Crippen LogP contribution in [0.5, 0.6) is 11.5 Å². The third kappa shape index (κ3) is 9.56. The predicted octanol–water partition coefficient (Wildman–Crippen LogP) is 9.53. The molecule has 6 nitrogen and oxygen atoms in total. The van der Waals surface area contributed by atoms with E-state index in [9.17, 15) is 0 Å². The Bertz CT molecular complexity index is 1710. The smallest absolute Gasteiger partial charge is 0.162 e. The topological polar surface area (TPSA) is 59.5 Å². The lowest BCUT2D eigenvalue weighted by Gasteiger charge is -2.20. The van der Waals surface area contributed by atoms with E-state index in [0.29, 0.717) is 35.6 Å². The number of nitrogens with zero attached hydrogens (tertiary/aromatic N) is 3. The monoisotopic (exact) mass is 634 g/mol.